The molecule has 3 aromatic rings. The van der Waals surface area contributed by atoms with E-state index in [1.165, 1.54) is 0 Å². The quantitative estimate of drug-likeness (QED) is 0.803. The van der Waals surface area contributed by atoms with Crippen LogP contribution < -0.4 is 9.64 Å². The van der Waals surface area contributed by atoms with Gasteiger partial charge in [-0.15, -0.1) is 0 Å². The van der Waals surface area contributed by atoms with Crippen molar-refractivity contribution in [2.45, 2.75) is 13.2 Å². The highest BCUT2D eigenvalue weighted by atomic mass is 16.5. The summed E-state index contributed by atoms with van der Waals surface area (Å²) in [5, 5.41) is 11.2. The van der Waals surface area contributed by atoms with E-state index < -0.39 is 0 Å². The molecule has 2 aromatic carbocycles. The van der Waals surface area contributed by atoms with E-state index in [1.54, 1.807) is 18.2 Å². The van der Waals surface area contributed by atoms with Crippen molar-refractivity contribution >= 4 is 22.5 Å². The molecule has 0 bridgehead atoms. The van der Waals surface area contributed by atoms with Gasteiger partial charge < -0.3 is 9.84 Å². The van der Waals surface area contributed by atoms with Gasteiger partial charge in [0.15, 0.2) is 0 Å². The Morgan fingerprint density at radius 2 is 1.96 bits per heavy atom. The average Bonchev–Trinajstić information content (AvgIpc) is 2.90. The number of rotatable bonds is 4. The van der Waals surface area contributed by atoms with Gasteiger partial charge in [0, 0.05) is 17.1 Å². The third-order valence-corrected chi connectivity index (χ3v) is 4.38. The number of carbonyl (C=O) groups is 1. The Morgan fingerprint density at radius 3 is 2.67 bits per heavy atom. The fraction of sp³-hybridized carbons (Fsp3) is 0.158. The first kappa shape index (κ1) is 14.7. The number of ether oxygens (including phenoxy) is 1. The van der Waals surface area contributed by atoms with Gasteiger partial charge in [0.1, 0.15) is 11.6 Å². The van der Waals surface area contributed by atoms with Crippen LogP contribution >= 0.6 is 0 Å². The average molecular weight is 320 g/mol. The maximum absolute atomic E-state index is 12.8. The third-order valence-electron chi connectivity index (χ3n) is 4.38. The van der Waals surface area contributed by atoms with Gasteiger partial charge in [0.2, 0.25) is 0 Å². The summed E-state index contributed by atoms with van der Waals surface area (Å²) >= 11 is 0. The minimum atomic E-state index is -0.0973. The van der Waals surface area contributed by atoms with Gasteiger partial charge in [-0.25, -0.2) is 4.98 Å². The number of aromatic nitrogens is 1. The zero-order valence-corrected chi connectivity index (χ0v) is 13.2. The number of pyridine rings is 1. The number of benzene rings is 2. The molecule has 1 N–H and O–H groups in total. The molecule has 2 heterocycles. The van der Waals surface area contributed by atoms with Crippen LogP contribution in [-0.4, -0.2) is 23.1 Å². The molecule has 0 unspecified atom stereocenters. The Bertz CT molecular complexity index is 935. The highest BCUT2D eigenvalue weighted by molar-refractivity contribution is 6.24. The Morgan fingerprint density at radius 1 is 1.17 bits per heavy atom. The molecule has 5 heteroatoms. The van der Waals surface area contributed by atoms with Crippen molar-refractivity contribution in [2.24, 2.45) is 0 Å². The number of hydrogen-bond donors (Lipinski definition) is 1. The molecule has 0 radical (unpaired) electrons. The lowest BCUT2D eigenvalue weighted by molar-refractivity contribution is 0.0991. The predicted molar refractivity (Wildman–Crippen MR) is 91.2 cm³/mol. The van der Waals surface area contributed by atoms with E-state index >= 15 is 0 Å². The van der Waals surface area contributed by atoms with Crippen LogP contribution in [0.2, 0.25) is 0 Å². The van der Waals surface area contributed by atoms with Gasteiger partial charge in [0.05, 0.1) is 25.8 Å². The summed E-state index contributed by atoms with van der Waals surface area (Å²) in [6.45, 7) is 0.345. The number of methoxy groups -OCH3 is 1. The van der Waals surface area contributed by atoms with Gasteiger partial charge >= 0.3 is 0 Å². The normalized spacial score (nSPS) is 12.9. The van der Waals surface area contributed by atoms with E-state index in [1.807, 2.05) is 42.5 Å². The first-order valence-corrected chi connectivity index (χ1v) is 7.69. The summed E-state index contributed by atoms with van der Waals surface area (Å²) in [5.74, 6) is 1.37. The summed E-state index contributed by atoms with van der Waals surface area (Å²) < 4.78 is 5.17. The fourth-order valence-corrected chi connectivity index (χ4v) is 3.14. The van der Waals surface area contributed by atoms with E-state index in [0.717, 1.165) is 27.6 Å². The van der Waals surface area contributed by atoms with E-state index in [-0.39, 0.29) is 12.5 Å². The van der Waals surface area contributed by atoms with Crippen molar-refractivity contribution < 1.29 is 14.6 Å². The maximum atomic E-state index is 12.8. The lowest BCUT2D eigenvalue weighted by atomic mass is 10.0. The number of anilines is 1. The number of amides is 1. The molecule has 1 amide bonds. The third kappa shape index (κ3) is 2.13. The van der Waals surface area contributed by atoms with E-state index in [4.69, 9.17) is 4.74 Å². The van der Waals surface area contributed by atoms with Gasteiger partial charge in [0.25, 0.3) is 5.91 Å². The summed E-state index contributed by atoms with van der Waals surface area (Å²) in [7, 11) is 1.62. The summed E-state index contributed by atoms with van der Waals surface area (Å²) in [5.41, 5.74) is 2.37. The van der Waals surface area contributed by atoms with Crippen LogP contribution in [-0.2, 0) is 13.2 Å². The molecule has 0 aliphatic carbocycles. The lowest BCUT2D eigenvalue weighted by Gasteiger charge is -2.17. The van der Waals surface area contributed by atoms with Gasteiger partial charge in [-0.3, -0.25) is 9.69 Å². The largest absolute Gasteiger partial charge is 0.497 e. The highest BCUT2D eigenvalue weighted by Gasteiger charge is 2.31. The minimum Gasteiger partial charge on any atom is -0.497 e. The molecule has 120 valence electrons. The summed E-state index contributed by atoms with van der Waals surface area (Å²) in [6, 6.07) is 13.2. The van der Waals surface area contributed by atoms with Crippen LogP contribution in [0.1, 0.15) is 21.5 Å². The molecular formula is C19H16N2O3. The first-order valence-electron chi connectivity index (χ1n) is 7.69. The number of carbonyl (C=O) groups excluding carboxylic acids is 1. The van der Waals surface area contributed by atoms with Crippen LogP contribution in [0.5, 0.6) is 5.75 Å². The van der Waals surface area contributed by atoms with E-state index in [9.17, 15) is 9.90 Å². The predicted octanol–water partition coefficient (Wildman–Crippen LogP) is 2.90. The van der Waals surface area contributed by atoms with Crippen LogP contribution in [0.4, 0.5) is 5.82 Å². The lowest BCUT2D eigenvalue weighted by Crippen LogP contribution is -2.26. The fourth-order valence-electron chi connectivity index (χ4n) is 3.14. The second kappa shape index (κ2) is 5.62. The van der Waals surface area contributed by atoms with Crippen LogP contribution in [0.15, 0.2) is 48.7 Å². The number of aliphatic hydroxyl groups excluding tert-OH is 1. The minimum absolute atomic E-state index is 0.0611. The molecular weight excluding hydrogens is 304 g/mol. The monoisotopic (exact) mass is 320 g/mol. The zero-order valence-electron chi connectivity index (χ0n) is 13.2. The Balaban J connectivity index is 1.77. The van der Waals surface area contributed by atoms with Crippen LogP contribution in [0.3, 0.4) is 0 Å². The first-order chi connectivity index (χ1) is 11.7. The molecule has 0 fully saturated rings. The van der Waals surface area contributed by atoms with Crippen molar-refractivity contribution in [3.05, 3.63) is 65.4 Å². The number of nitrogens with zero attached hydrogens (tertiary/aromatic N) is 2. The molecule has 4 rings (SSSR count). The second-order valence-corrected chi connectivity index (χ2v) is 5.73. The van der Waals surface area contributed by atoms with Gasteiger partial charge in [-0.05, 0) is 29.1 Å². The molecule has 0 saturated carbocycles. The van der Waals surface area contributed by atoms with Crippen molar-refractivity contribution in [3.8, 4) is 5.75 Å². The maximum Gasteiger partial charge on any atom is 0.260 e. The van der Waals surface area contributed by atoms with Crippen molar-refractivity contribution in [2.75, 3.05) is 12.0 Å². The van der Waals surface area contributed by atoms with Gasteiger partial charge in [-0.2, -0.15) is 0 Å². The zero-order chi connectivity index (χ0) is 16.7. The van der Waals surface area contributed by atoms with Crippen molar-refractivity contribution in [3.63, 3.8) is 0 Å². The standard InChI is InChI=1S/C19H16N2O3/c1-24-14-7-5-12(6-8-14)10-21-18-17-15(13(11-22)9-20-18)3-2-4-16(17)19(21)23/h2-9,22H,10-11H2,1H3. The molecule has 0 atom stereocenters. The highest BCUT2D eigenvalue weighted by Crippen LogP contribution is 2.37. The second-order valence-electron chi connectivity index (χ2n) is 5.73. The van der Waals surface area contributed by atoms with Gasteiger partial charge in [-0.1, -0.05) is 24.3 Å². The molecule has 0 spiro atoms. The Labute approximate surface area is 139 Å². The number of hydrogen-bond acceptors (Lipinski definition) is 4. The molecule has 5 nitrogen and oxygen atoms in total. The van der Waals surface area contributed by atoms with Crippen LogP contribution in [0.25, 0.3) is 10.8 Å². The SMILES string of the molecule is COc1ccc(CN2C(=O)c3cccc4c(CO)cnc2c34)cc1. The molecule has 1 aromatic heterocycles. The molecule has 1 aliphatic heterocycles. The summed E-state index contributed by atoms with van der Waals surface area (Å²) in [6.07, 6.45) is 1.64. The smallest absolute Gasteiger partial charge is 0.260 e. The van der Waals surface area contributed by atoms with E-state index in [0.29, 0.717) is 17.9 Å². The van der Waals surface area contributed by atoms with Crippen molar-refractivity contribution in [1.82, 2.24) is 4.98 Å². The topological polar surface area (TPSA) is 62.7 Å². The van der Waals surface area contributed by atoms with Crippen LogP contribution in [0, 0.1) is 0 Å². The molecule has 24 heavy (non-hydrogen) atoms. The number of aliphatic hydroxyl groups is 1. The Hall–Kier alpha value is -2.92. The van der Waals surface area contributed by atoms with E-state index in [2.05, 4.69) is 4.98 Å². The molecule has 0 saturated heterocycles. The van der Waals surface area contributed by atoms with Crippen molar-refractivity contribution in [1.29, 1.82) is 0 Å². The molecule has 1 aliphatic rings. The summed E-state index contributed by atoms with van der Waals surface area (Å²) in [4.78, 5) is 18.9. The Kier molecular flexibility index (Phi) is 3.43.